The topological polar surface area (TPSA) is 88.6 Å². The highest BCUT2D eigenvalue weighted by Crippen LogP contribution is 2.39. The van der Waals surface area contributed by atoms with Gasteiger partial charge in [0.1, 0.15) is 0 Å². The molecule has 2 heterocycles. The zero-order valence-electron chi connectivity index (χ0n) is 23.9. The first-order chi connectivity index (χ1) is 19.1. The van der Waals surface area contributed by atoms with E-state index in [2.05, 4.69) is 54.5 Å². The van der Waals surface area contributed by atoms with Crippen LogP contribution in [0.5, 0.6) is 23.0 Å². The Morgan fingerprint density at radius 3 is 2.45 bits per heavy atom. The molecule has 9 nitrogen and oxygen atoms in total. The summed E-state index contributed by atoms with van der Waals surface area (Å²) in [6.45, 7) is 10.7. The molecule has 0 unspecified atom stereocenters. The van der Waals surface area contributed by atoms with E-state index in [4.69, 9.17) is 28.1 Å². The van der Waals surface area contributed by atoms with Crippen LogP contribution in [0.25, 0.3) is 10.9 Å². The van der Waals surface area contributed by atoms with E-state index in [1.165, 1.54) is 0 Å². The van der Waals surface area contributed by atoms with E-state index >= 15 is 0 Å². The van der Waals surface area contributed by atoms with Gasteiger partial charge in [0.25, 0.3) is 5.91 Å². The Morgan fingerprint density at radius 2 is 1.75 bits per heavy atom. The Balaban J connectivity index is 1.59. The van der Waals surface area contributed by atoms with E-state index in [9.17, 15) is 4.79 Å². The normalized spacial score (nSPS) is 12.7. The molecule has 0 atom stereocenters. The largest absolute Gasteiger partial charge is 0.493 e. The van der Waals surface area contributed by atoms with Crippen LogP contribution in [-0.2, 0) is 9.16 Å². The van der Waals surface area contributed by atoms with Crippen LogP contribution in [0.3, 0.4) is 0 Å². The van der Waals surface area contributed by atoms with Crippen LogP contribution in [0, 0.1) is 9.49 Å². The number of ether oxygens (including phenoxy) is 5. The Labute approximate surface area is 250 Å². The summed E-state index contributed by atoms with van der Waals surface area (Å²) in [5, 5.41) is 0.778. The molecule has 0 radical (unpaired) electrons. The molecule has 1 aromatic heterocycles. The van der Waals surface area contributed by atoms with E-state index in [1.54, 1.807) is 37.4 Å². The minimum absolute atomic E-state index is 0.153. The molecule has 1 aliphatic heterocycles. The lowest BCUT2D eigenvalue weighted by Crippen LogP contribution is -2.36. The van der Waals surface area contributed by atoms with Gasteiger partial charge in [0.05, 0.1) is 50.8 Å². The SMILES string of the molecule is COc1cc(I)c(C(=O)N(CCOCCO[Si](C)(C)CC(C)C)c2ccnc3cc4c(cc23)OCO4)cc1OC. The van der Waals surface area contributed by atoms with Crippen LogP contribution in [0.2, 0.25) is 19.1 Å². The Bertz CT molecular complexity index is 1350. The Morgan fingerprint density at radius 1 is 1.05 bits per heavy atom. The van der Waals surface area contributed by atoms with E-state index in [0.29, 0.717) is 72.0 Å². The molecular formula is C29H37IN2O7Si. The second-order valence-electron chi connectivity index (χ2n) is 10.5. The predicted octanol–water partition coefficient (Wildman–Crippen LogP) is 6.13. The molecule has 0 spiro atoms. The second-order valence-corrected chi connectivity index (χ2v) is 15.9. The molecule has 2 aromatic carbocycles. The summed E-state index contributed by atoms with van der Waals surface area (Å²) < 4.78 is 35.0. The quantitative estimate of drug-likeness (QED) is 0.121. The van der Waals surface area contributed by atoms with Crippen LogP contribution in [-0.4, -0.2) is 66.6 Å². The minimum atomic E-state index is -1.72. The summed E-state index contributed by atoms with van der Waals surface area (Å²) in [7, 11) is 1.40. The monoisotopic (exact) mass is 680 g/mol. The first-order valence-electron chi connectivity index (χ1n) is 13.3. The zero-order valence-corrected chi connectivity index (χ0v) is 27.1. The molecule has 0 saturated carbocycles. The smallest absolute Gasteiger partial charge is 0.259 e. The molecule has 11 heteroatoms. The number of hydrogen-bond acceptors (Lipinski definition) is 8. The van der Waals surface area contributed by atoms with Gasteiger partial charge < -0.3 is 33.0 Å². The minimum Gasteiger partial charge on any atom is -0.493 e. The van der Waals surface area contributed by atoms with E-state index in [0.717, 1.165) is 15.0 Å². The number of halogens is 1. The number of anilines is 1. The Hall–Kier alpha value is -2.61. The molecule has 0 bridgehead atoms. The third kappa shape index (κ3) is 7.17. The summed E-state index contributed by atoms with van der Waals surface area (Å²) in [6.07, 6.45) is 1.69. The van der Waals surface area contributed by atoms with Crippen molar-refractivity contribution in [1.82, 2.24) is 4.98 Å². The van der Waals surface area contributed by atoms with Gasteiger partial charge in [-0.3, -0.25) is 9.78 Å². The molecule has 4 rings (SSSR count). The molecule has 0 N–H and O–H groups in total. The fourth-order valence-electron chi connectivity index (χ4n) is 4.93. The maximum absolute atomic E-state index is 14.1. The van der Waals surface area contributed by atoms with Gasteiger partial charge >= 0.3 is 0 Å². The van der Waals surface area contributed by atoms with Gasteiger partial charge in [-0.1, -0.05) is 13.8 Å². The number of benzene rings is 2. The molecule has 0 fully saturated rings. The highest BCUT2D eigenvalue weighted by Gasteiger charge is 2.26. The highest BCUT2D eigenvalue weighted by molar-refractivity contribution is 14.1. The van der Waals surface area contributed by atoms with Crippen molar-refractivity contribution in [3.63, 3.8) is 0 Å². The van der Waals surface area contributed by atoms with E-state index in [-0.39, 0.29) is 12.7 Å². The number of amides is 1. The number of carbonyl (C=O) groups is 1. The first-order valence-corrected chi connectivity index (χ1v) is 17.5. The number of methoxy groups -OCH3 is 2. The fraction of sp³-hybridized carbons (Fsp3) is 0.448. The molecule has 1 aliphatic rings. The fourth-order valence-corrected chi connectivity index (χ4v) is 8.32. The standard InChI is InChI=1S/C29H37IN2O7Si/c1-19(2)17-40(5,6)39-12-11-36-10-9-32(29(33)20-13-25(34-3)26(35-4)15-22(20)30)24-7-8-31-23-16-28-27(14-21(23)24)37-18-38-28/h7-8,13-16,19H,9-12,17-18H2,1-6H3. The van der Waals surface area contributed by atoms with Crippen LogP contribution in [0.15, 0.2) is 36.5 Å². The maximum atomic E-state index is 14.1. The summed E-state index contributed by atoms with van der Waals surface area (Å²) in [6, 6.07) is 10.1. The van der Waals surface area contributed by atoms with Crippen molar-refractivity contribution in [3.8, 4) is 23.0 Å². The van der Waals surface area contributed by atoms with Gasteiger partial charge in [0, 0.05) is 27.8 Å². The highest BCUT2D eigenvalue weighted by atomic mass is 127. The third-order valence-corrected chi connectivity index (χ3v) is 10.2. The lowest BCUT2D eigenvalue weighted by molar-refractivity contribution is 0.0907. The van der Waals surface area contributed by atoms with Gasteiger partial charge in [-0.25, -0.2) is 0 Å². The van der Waals surface area contributed by atoms with Crippen LogP contribution >= 0.6 is 22.6 Å². The molecular weight excluding hydrogens is 643 g/mol. The predicted molar refractivity (Wildman–Crippen MR) is 166 cm³/mol. The van der Waals surface area contributed by atoms with Gasteiger partial charge in [0.15, 0.2) is 31.3 Å². The number of nitrogens with zero attached hydrogens (tertiary/aromatic N) is 2. The zero-order chi connectivity index (χ0) is 28.9. The molecule has 1 amide bonds. The number of hydrogen-bond donors (Lipinski definition) is 0. The van der Waals surface area contributed by atoms with E-state index < -0.39 is 8.32 Å². The van der Waals surface area contributed by atoms with Crippen molar-refractivity contribution >= 4 is 53.4 Å². The number of pyridine rings is 1. The summed E-state index contributed by atoms with van der Waals surface area (Å²) in [5.74, 6) is 2.71. The summed E-state index contributed by atoms with van der Waals surface area (Å²) in [5.41, 5.74) is 1.89. The maximum Gasteiger partial charge on any atom is 0.259 e. The molecule has 0 aliphatic carbocycles. The average molecular weight is 681 g/mol. The average Bonchev–Trinajstić information content (AvgIpc) is 3.37. The molecule has 216 valence electrons. The molecule has 0 saturated heterocycles. The van der Waals surface area contributed by atoms with Gasteiger partial charge in [-0.05, 0) is 71.9 Å². The van der Waals surface area contributed by atoms with Gasteiger partial charge in [-0.15, -0.1) is 0 Å². The molecule has 40 heavy (non-hydrogen) atoms. The third-order valence-electron chi connectivity index (χ3n) is 6.53. The van der Waals surface area contributed by atoms with Gasteiger partial charge in [-0.2, -0.15) is 0 Å². The first kappa shape index (κ1) is 30.3. The van der Waals surface area contributed by atoms with Crippen LogP contribution < -0.4 is 23.8 Å². The molecule has 3 aromatic rings. The Kier molecular flexibility index (Phi) is 10.1. The lowest BCUT2D eigenvalue weighted by Gasteiger charge is -2.26. The van der Waals surface area contributed by atoms with Crippen molar-refractivity contribution in [2.75, 3.05) is 52.3 Å². The lowest BCUT2D eigenvalue weighted by atomic mass is 10.1. The van der Waals surface area contributed by atoms with Gasteiger partial charge in [0.2, 0.25) is 6.79 Å². The van der Waals surface area contributed by atoms with E-state index in [1.807, 2.05) is 18.2 Å². The summed E-state index contributed by atoms with van der Waals surface area (Å²) >= 11 is 2.15. The van der Waals surface area contributed by atoms with Crippen molar-refractivity contribution in [2.45, 2.75) is 33.0 Å². The second kappa shape index (κ2) is 13.4. The van der Waals surface area contributed by atoms with Crippen molar-refractivity contribution in [2.24, 2.45) is 5.92 Å². The van der Waals surface area contributed by atoms with Crippen molar-refractivity contribution < 1.29 is 32.9 Å². The van der Waals surface area contributed by atoms with Crippen LogP contribution in [0.4, 0.5) is 5.69 Å². The number of aromatic nitrogens is 1. The number of fused-ring (bicyclic) bond motifs is 2. The number of rotatable bonds is 13. The van der Waals surface area contributed by atoms with Crippen LogP contribution in [0.1, 0.15) is 24.2 Å². The number of carbonyl (C=O) groups excluding carboxylic acids is 1. The summed E-state index contributed by atoms with van der Waals surface area (Å²) in [4.78, 5) is 20.4. The van der Waals surface area contributed by atoms with Crippen molar-refractivity contribution in [1.29, 1.82) is 0 Å². The van der Waals surface area contributed by atoms with Crippen molar-refractivity contribution in [3.05, 3.63) is 45.7 Å².